The van der Waals surface area contributed by atoms with Crippen molar-refractivity contribution in [2.24, 2.45) is 11.8 Å². The first-order valence-corrected chi connectivity index (χ1v) is 8.11. The third-order valence-corrected chi connectivity index (χ3v) is 4.63. The zero-order chi connectivity index (χ0) is 16.7. The van der Waals surface area contributed by atoms with E-state index in [0.29, 0.717) is 24.9 Å². The number of carboxylic acid groups (broad SMARTS) is 1. The molecular weight excluding hydrogens is 284 g/mol. The van der Waals surface area contributed by atoms with E-state index in [2.05, 4.69) is 17.1 Å². The molecule has 0 bridgehead atoms. The van der Waals surface area contributed by atoms with Gasteiger partial charge in [-0.05, 0) is 38.1 Å². The number of carbonyl (C=O) groups excluding carboxylic acids is 1. The van der Waals surface area contributed by atoms with Crippen LogP contribution in [-0.4, -0.2) is 60.8 Å². The minimum Gasteiger partial charge on any atom is -0.480 e. The van der Waals surface area contributed by atoms with Crippen LogP contribution in [0.25, 0.3) is 0 Å². The van der Waals surface area contributed by atoms with Gasteiger partial charge in [-0.2, -0.15) is 0 Å². The number of methoxy groups -OCH3 is 1. The summed E-state index contributed by atoms with van der Waals surface area (Å²) < 4.78 is 5.16. The van der Waals surface area contributed by atoms with Gasteiger partial charge in [0.25, 0.3) is 0 Å². The Morgan fingerprint density at radius 2 is 2.14 bits per heavy atom. The van der Waals surface area contributed by atoms with E-state index >= 15 is 0 Å². The molecule has 0 aromatic heterocycles. The number of hydrogen-bond acceptors (Lipinski definition) is 4. The van der Waals surface area contributed by atoms with Crippen LogP contribution in [0.3, 0.4) is 0 Å². The van der Waals surface area contributed by atoms with Crippen LogP contribution in [0.1, 0.15) is 40.0 Å². The molecule has 0 aromatic rings. The molecular formula is C16H30N2O4. The van der Waals surface area contributed by atoms with Gasteiger partial charge in [0.15, 0.2) is 0 Å². The van der Waals surface area contributed by atoms with Crippen molar-refractivity contribution in [2.45, 2.75) is 52.1 Å². The first-order valence-electron chi connectivity index (χ1n) is 8.11. The molecule has 6 nitrogen and oxygen atoms in total. The molecule has 1 aliphatic heterocycles. The SMILES string of the molecule is CCC(CCN1CC(COC)CC1C(=O)O)C(C)NC(C)=O. The van der Waals surface area contributed by atoms with Crippen molar-refractivity contribution in [3.05, 3.63) is 0 Å². The summed E-state index contributed by atoms with van der Waals surface area (Å²) in [7, 11) is 1.65. The molecule has 1 saturated heterocycles. The minimum atomic E-state index is -0.749. The molecule has 0 spiro atoms. The lowest BCUT2D eigenvalue weighted by molar-refractivity contribution is -0.142. The second kappa shape index (κ2) is 9.10. The number of nitrogens with one attached hydrogen (secondary N) is 1. The molecule has 0 aromatic carbocycles. The van der Waals surface area contributed by atoms with Gasteiger partial charge in [-0.15, -0.1) is 0 Å². The number of hydrogen-bond donors (Lipinski definition) is 2. The second-order valence-corrected chi connectivity index (χ2v) is 6.35. The van der Waals surface area contributed by atoms with Crippen LogP contribution in [0.15, 0.2) is 0 Å². The minimum absolute atomic E-state index is 0.0179. The summed E-state index contributed by atoms with van der Waals surface area (Å²) in [5, 5.41) is 12.3. The topological polar surface area (TPSA) is 78.9 Å². The molecule has 4 unspecified atom stereocenters. The van der Waals surface area contributed by atoms with Crippen LogP contribution in [-0.2, 0) is 14.3 Å². The van der Waals surface area contributed by atoms with E-state index < -0.39 is 12.0 Å². The number of likely N-dealkylation sites (tertiary alicyclic amines) is 1. The fourth-order valence-electron chi connectivity index (χ4n) is 3.44. The van der Waals surface area contributed by atoms with Gasteiger partial charge in [-0.25, -0.2) is 0 Å². The zero-order valence-electron chi connectivity index (χ0n) is 14.2. The van der Waals surface area contributed by atoms with E-state index in [-0.39, 0.29) is 11.9 Å². The lowest BCUT2D eigenvalue weighted by Crippen LogP contribution is -2.40. The largest absolute Gasteiger partial charge is 0.480 e. The van der Waals surface area contributed by atoms with Gasteiger partial charge in [0.2, 0.25) is 5.91 Å². The van der Waals surface area contributed by atoms with Gasteiger partial charge >= 0.3 is 5.97 Å². The Kier molecular flexibility index (Phi) is 7.82. The number of nitrogens with zero attached hydrogens (tertiary/aromatic N) is 1. The van der Waals surface area contributed by atoms with Crippen LogP contribution in [0.2, 0.25) is 0 Å². The van der Waals surface area contributed by atoms with Gasteiger partial charge < -0.3 is 15.2 Å². The monoisotopic (exact) mass is 314 g/mol. The van der Waals surface area contributed by atoms with Crippen molar-refractivity contribution < 1.29 is 19.4 Å². The Labute approximate surface area is 133 Å². The number of carboxylic acids is 1. The van der Waals surface area contributed by atoms with Gasteiger partial charge in [-0.1, -0.05) is 13.3 Å². The summed E-state index contributed by atoms with van der Waals surface area (Å²) in [6.45, 7) is 7.78. The lowest BCUT2D eigenvalue weighted by Gasteiger charge is -2.27. The highest BCUT2D eigenvalue weighted by Crippen LogP contribution is 2.25. The Morgan fingerprint density at radius 1 is 1.45 bits per heavy atom. The third-order valence-electron chi connectivity index (χ3n) is 4.63. The summed E-state index contributed by atoms with van der Waals surface area (Å²) in [6.07, 6.45) is 2.51. The number of aliphatic carboxylic acids is 1. The Balaban J connectivity index is 2.55. The van der Waals surface area contributed by atoms with Crippen molar-refractivity contribution >= 4 is 11.9 Å². The van der Waals surface area contributed by atoms with Gasteiger partial charge in [-0.3, -0.25) is 14.5 Å². The quantitative estimate of drug-likeness (QED) is 0.671. The highest BCUT2D eigenvalue weighted by molar-refractivity contribution is 5.74. The molecule has 1 heterocycles. The standard InChI is InChI=1S/C16H30N2O4/c1-5-14(11(2)17-12(3)19)6-7-18-9-13(10-22-4)8-15(18)16(20)21/h11,13-15H,5-10H2,1-4H3,(H,17,19)(H,20,21). The van der Waals surface area contributed by atoms with Crippen LogP contribution >= 0.6 is 0 Å². The maximum Gasteiger partial charge on any atom is 0.320 e. The van der Waals surface area contributed by atoms with Crippen molar-refractivity contribution in [3.63, 3.8) is 0 Å². The first-order chi connectivity index (χ1) is 10.4. The number of ether oxygens (including phenoxy) is 1. The Hall–Kier alpha value is -1.14. The predicted molar refractivity (Wildman–Crippen MR) is 84.7 cm³/mol. The van der Waals surface area contributed by atoms with Gasteiger partial charge in [0.05, 0.1) is 6.61 Å². The second-order valence-electron chi connectivity index (χ2n) is 6.35. The van der Waals surface area contributed by atoms with Crippen molar-refractivity contribution in [3.8, 4) is 0 Å². The summed E-state index contributed by atoms with van der Waals surface area (Å²) >= 11 is 0. The smallest absolute Gasteiger partial charge is 0.320 e. The average molecular weight is 314 g/mol. The molecule has 0 aliphatic carbocycles. The zero-order valence-corrected chi connectivity index (χ0v) is 14.2. The van der Waals surface area contributed by atoms with Gasteiger partial charge in [0.1, 0.15) is 6.04 Å². The molecule has 6 heteroatoms. The summed E-state index contributed by atoms with van der Waals surface area (Å²) in [5.74, 6) is -0.115. The molecule has 4 atom stereocenters. The first kappa shape index (κ1) is 18.9. The number of rotatable bonds is 9. The van der Waals surface area contributed by atoms with Crippen LogP contribution in [0, 0.1) is 11.8 Å². The van der Waals surface area contributed by atoms with E-state index in [9.17, 15) is 14.7 Å². The molecule has 1 rings (SSSR count). The van der Waals surface area contributed by atoms with E-state index in [1.54, 1.807) is 7.11 Å². The maximum absolute atomic E-state index is 11.4. The number of amides is 1. The highest BCUT2D eigenvalue weighted by atomic mass is 16.5. The molecule has 0 saturated carbocycles. The summed E-state index contributed by atoms with van der Waals surface area (Å²) in [4.78, 5) is 24.6. The van der Waals surface area contributed by atoms with Crippen LogP contribution in [0.4, 0.5) is 0 Å². The van der Waals surface area contributed by atoms with Crippen molar-refractivity contribution in [2.75, 3.05) is 26.8 Å². The fraction of sp³-hybridized carbons (Fsp3) is 0.875. The van der Waals surface area contributed by atoms with E-state index in [1.165, 1.54) is 6.92 Å². The predicted octanol–water partition coefficient (Wildman–Crippen LogP) is 1.35. The number of carbonyl (C=O) groups is 2. The fourth-order valence-corrected chi connectivity index (χ4v) is 3.44. The molecule has 0 radical (unpaired) electrons. The van der Waals surface area contributed by atoms with E-state index in [0.717, 1.165) is 25.9 Å². The molecule has 2 N–H and O–H groups in total. The highest BCUT2D eigenvalue weighted by Gasteiger charge is 2.36. The molecule has 128 valence electrons. The third kappa shape index (κ3) is 5.57. The molecule has 1 amide bonds. The molecule has 1 aliphatic rings. The summed E-state index contributed by atoms with van der Waals surface area (Å²) in [6, 6.07) is -0.295. The van der Waals surface area contributed by atoms with Gasteiger partial charge in [0, 0.05) is 26.6 Å². The molecule has 22 heavy (non-hydrogen) atoms. The van der Waals surface area contributed by atoms with E-state index in [1.807, 2.05) is 6.92 Å². The maximum atomic E-state index is 11.4. The van der Waals surface area contributed by atoms with Crippen LogP contribution in [0.5, 0.6) is 0 Å². The molecule has 1 fully saturated rings. The Bertz CT molecular complexity index is 375. The lowest BCUT2D eigenvalue weighted by atomic mass is 9.94. The van der Waals surface area contributed by atoms with E-state index in [4.69, 9.17) is 4.74 Å². The summed E-state index contributed by atoms with van der Waals surface area (Å²) in [5.41, 5.74) is 0. The van der Waals surface area contributed by atoms with Crippen molar-refractivity contribution in [1.29, 1.82) is 0 Å². The van der Waals surface area contributed by atoms with Crippen molar-refractivity contribution in [1.82, 2.24) is 10.2 Å². The Morgan fingerprint density at radius 3 is 2.64 bits per heavy atom. The normalized spacial score (nSPS) is 24.9. The average Bonchev–Trinajstić information content (AvgIpc) is 2.82. The van der Waals surface area contributed by atoms with Crippen LogP contribution < -0.4 is 5.32 Å².